The van der Waals surface area contributed by atoms with Crippen molar-refractivity contribution in [2.75, 3.05) is 5.32 Å². The van der Waals surface area contributed by atoms with Gasteiger partial charge in [0, 0.05) is 16.9 Å². The lowest BCUT2D eigenvalue weighted by Crippen LogP contribution is -2.30. The molecule has 1 aromatic carbocycles. The Labute approximate surface area is 155 Å². The van der Waals surface area contributed by atoms with Gasteiger partial charge in [-0.1, -0.05) is 11.6 Å². The molecular formula is C18H18ClN3O4. The third-order valence-corrected chi connectivity index (χ3v) is 3.87. The molecule has 1 heterocycles. The van der Waals surface area contributed by atoms with Gasteiger partial charge in [-0.05, 0) is 56.7 Å². The summed E-state index contributed by atoms with van der Waals surface area (Å²) >= 11 is 6.01. The van der Waals surface area contributed by atoms with Crippen LogP contribution in [-0.2, 0) is 9.53 Å². The minimum absolute atomic E-state index is 0.0298. The van der Waals surface area contributed by atoms with E-state index < -0.39 is 23.9 Å². The van der Waals surface area contributed by atoms with Gasteiger partial charge in [0.1, 0.15) is 5.15 Å². The number of carbonyl (C=O) groups is 3. The summed E-state index contributed by atoms with van der Waals surface area (Å²) in [7, 11) is 0. The Morgan fingerprint density at radius 3 is 2.35 bits per heavy atom. The molecule has 0 fully saturated rings. The average Bonchev–Trinajstić information content (AvgIpc) is 2.54. The predicted octanol–water partition coefficient (Wildman–Crippen LogP) is 2.63. The second-order valence-corrected chi connectivity index (χ2v) is 6.08. The number of ether oxygens (including phenoxy) is 1. The molecule has 26 heavy (non-hydrogen) atoms. The predicted molar refractivity (Wildman–Crippen MR) is 97.2 cm³/mol. The topological polar surface area (TPSA) is 111 Å². The number of nitrogens with one attached hydrogen (secondary N) is 1. The van der Waals surface area contributed by atoms with E-state index in [1.807, 2.05) is 0 Å². The van der Waals surface area contributed by atoms with Crippen LogP contribution in [0.2, 0.25) is 5.15 Å². The number of halogens is 1. The molecule has 2 aromatic rings. The molecule has 0 saturated heterocycles. The van der Waals surface area contributed by atoms with Gasteiger partial charge in [0.15, 0.2) is 6.10 Å². The molecule has 0 saturated carbocycles. The first-order valence-corrected chi connectivity index (χ1v) is 8.12. The van der Waals surface area contributed by atoms with E-state index in [-0.39, 0.29) is 10.7 Å². The van der Waals surface area contributed by atoms with Gasteiger partial charge in [0.05, 0.1) is 5.56 Å². The smallest absolute Gasteiger partial charge is 0.342 e. The molecule has 3 N–H and O–H groups in total. The lowest BCUT2D eigenvalue weighted by molar-refractivity contribution is -0.123. The second-order valence-electron chi connectivity index (χ2n) is 5.72. The van der Waals surface area contributed by atoms with Gasteiger partial charge in [0.2, 0.25) is 5.91 Å². The number of nitrogens with two attached hydrogens (primary N) is 1. The number of aryl methyl sites for hydroxylation is 2. The maximum atomic E-state index is 12.3. The van der Waals surface area contributed by atoms with Gasteiger partial charge < -0.3 is 15.8 Å². The van der Waals surface area contributed by atoms with Crippen LogP contribution in [-0.4, -0.2) is 28.9 Å². The zero-order valence-corrected chi connectivity index (χ0v) is 15.3. The number of anilines is 1. The van der Waals surface area contributed by atoms with Crippen molar-refractivity contribution < 1.29 is 19.1 Å². The summed E-state index contributed by atoms with van der Waals surface area (Å²) in [6, 6.07) is 7.72. The van der Waals surface area contributed by atoms with Crippen molar-refractivity contribution in [3.63, 3.8) is 0 Å². The maximum absolute atomic E-state index is 12.3. The Hall–Kier alpha value is -2.93. The first kappa shape index (κ1) is 19.4. The molecular weight excluding hydrogens is 358 g/mol. The molecule has 7 nitrogen and oxygen atoms in total. The molecule has 1 aromatic heterocycles. The Kier molecular flexibility index (Phi) is 5.94. The highest BCUT2D eigenvalue weighted by atomic mass is 35.5. The monoisotopic (exact) mass is 375 g/mol. The van der Waals surface area contributed by atoms with Crippen molar-refractivity contribution in [2.45, 2.75) is 26.9 Å². The van der Waals surface area contributed by atoms with Crippen LogP contribution >= 0.6 is 11.6 Å². The number of hydrogen-bond acceptors (Lipinski definition) is 5. The van der Waals surface area contributed by atoms with Crippen LogP contribution < -0.4 is 11.1 Å². The van der Waals surface area contributed by atoms with Crippen molar-refractivity contribution >= 4 is 35.1 Å². The molecule has 0 unspecified atom stereocenters. The van der Waals surface area contributed by atoms with Gasteiger partial charge in [-0.25, -0.2) is 9.78 Å². The Morgan fingerprint density at radius 2 is 1.81 bits per heavy atom. The van der Waals surface area contributed by atoms with E-state index in [1.165, 1.54) is 31.2 Å². The molecule has 0 aliphatic rings. The zero-order chi connectivity index (χ0) is 19.4. The van der Waals surface area contributed by atoms with Crippen molar-refractivity contribution in [3.05, 3.63) is 57.9 Å². The van der Waals surface area contributed by atoms with Crippen LogP contribution in [0.3, 0.4) is 0 Å². The maximum Gasteiger partial charge on any atom is 0.342 e. The third kappa shape index (κ3) is 4.58. The molecule has 2 amide bonds. The lowest BCUT2D eigenvalue weighted by atomic mass is 10.1. The molecule has 136 valence electrons. The van der Waals surface area contributed by atoms with Crippen LogP contribution in [0.4, 0.5) is 5.69 Å². The standard InChI is InChI=1S/C18H18ClN3O4/c1-9-8-10(2)21-15(19)14(9)18(25)26-11(3)17(24)22-13-6-4-12(5-7-13)16(20)23/h4-8,11H,1-3H3,(H2,20,23)(H,22,24)/t11-/m0/s1. The summed E-state index contributed by atoms with van der Waals surface area (Å²) in [5.41, 5.74) is 7.33. The fraction of sp³-hybridized carbons (Fsp3) is 0.222. The van der Waals surface area contributed by atoms with Crippen molar-refractivity contribution in [2.24, 2.45) is 5.73 Å². The lowest BCUT2D eigenvalue weighted by Gasteiger charge is -2.15. The van der Waals surface area contributed by atoms with Crippen molar-refractivity contribution in [1.82, 2.24) is 4.98 Å². The molecule has 1 atom stereocenters. The van der Waals surface area contributed by atoms with E-state index in [9.17, 15) is 14.4 Å². The van der Waals surface area contributed by atoms with Gasteiger partial charge in [0.25, 0.3) is 5.91 Å². The average molecular weight is 376 g/mol. The number of carbonyl (C=O) groups excluding carboxylic acids is 3. The van der Waals surface area contributed by atoms with Gasteiger partial charge in [-0.15, -0.1) is 0 Å². The van der Waals surface area contributed by atoms with Crippen LogP contribution in [0, 0.1) is 13.8 Å². The summed E-state index contributed by atoms with van der Waals surface area (Å²) in [6.07, 6.45) is -1.06. The number of hydrogen-bond donors (Lipinski definition) is 2. The summed E-state index contributed by atoms with van der Waals surface area (Å²) in [4.78, 5) is 39.6. The number of esters is 1. The highest BCUT2D eigenvalue weighted by molar-refractivity contribution is 6.32. The summed E-state index contributed by atoms with van der Waals surface area (Å²) in [6.45, 7) is 4.91. The Balaban J connectivity index is 2.05. The van der Waals surface area contributed by atoms with Crippen LogP contribution in [0.15, 0.2) is 30.3 Å². The molecule has 0 bridgehead atoms. The van der Waals surface area contributed by atoms with Gasteiger partial charge >= 0.3 is 5.97 Å². The molecule has 8 heteroatoms. The van der Waals surface area contributed by atoms with Crippen molar-refractivity contribution in [3.8, 4) is 0 Å². The fourth-order valence-corrected chi connectivity index (χ4v) is 2.63. The van der Waals surface area contributed by atoms with E-state index >= 15 is 0 Å². The fourth-order valence-electron chi connectivity index (χ4n) is 2.27. The highest BCUT2D eigenvalue weighted by Crippen LogP contribution is 2.20. The van der Waals surface area contributed by atoms with Crippen LogP contribution in [0.5, 0.6) is 0 Å². The minimum atomic E-state index is -1.06. The normalized spacial score (nSPS) is 11.5. The molecule has 0 spiro atoms. The zero-order valence-electron chi connectivity index (χ0n) is 14.5. The van der Waals surface area contributed by atoms with E-state index in [1.54, 1.807) is 19.9 Å². The second kappa shape index (κ2) is 7.97. The Morgan fingerprint density at radius 1 is 1.19 bits per heavy atom. The number of rotatable bonds is 5. The molecule has 2 rings (SSSR count). The summed E-state index contributed by atoms with van der Waals surface area (Å²) in [5.74, 6) is -1.82. The minimum Gasteiger partial charge on any atom is -0.449 e. The van der Waals surface area contributed by atoms with Crippen LogP contribution in [0.1, 0.15) is 38.9 Å². The summed E-state index contributed by atoms with van der Waals surface area (Å²) < 4.78 is 5.18. The van der Waals surface area contributed by atoms with Crippen LogP contribution in [0.25, 0.3) is 0 Å². The summed E-state index contributed by atoms with van der Waals surface area (Å²) in [5, 5.41) is 2.62. The first-order chi connectivity index (χ1) is 12.2. The SMILES string of the molecule is Cc1cc(C)c(C(=O)O[C@@H](C)C(=O)Nc2ccc(C(N)=O)cc2)c(Cl)n1. The third-order valence-electron chi connectivity index (χ3n) is 3.59. The Bertz CT molecular complexity index is 842. The number of benzene rings is 1. The number of pyridine rings is 1. The molecule has 0 radical (unpaired) electrons. The number of aromatic nitrogens is 1. The molecule has 0 aliphatic heterocycles. The van der Waals surface area contributed by atoms with E-state index in [0.29, 0.717) is 22.5 Å². The van der Waals surface area contributed by atoms with Gasteiger partial charge in [-0.2, -0.15) is 0 Å². The van der Waals surface area contributed by atoms with Gasteiger partial charge in [-0.3, -0.25) is 9.59 Å². The first-order valence-electron chi connectivity index (χ1n) is 7.74. The number of nitrogens with zero attached hydrogens (tertiary/aromatic N) is 1. The highest BCUT2D eigenvalue weighted by Gasteiger charge is 2.23. The van der Waals surface area contributed by atoms with E-state index in [2.05, 4.69) is 10.3 Å². The van der Waals surface area contributed by atoms with E-state index in [0.717, 1.165) is 0 Å². The number of amides is 2. The number of primary amides is 1. The van der Waals surface area contributed by atoms with Crippen molar-refractivity contribution in [1.29, 1.82) is 0 Å². The van der Waals surface area contributed by atoms with E-state index in [4.69, 9.17) is 22.1 Å². The quantitative estimate of drug-likeness (QED) is 0.616. The largest absolute Gasteiger partial charge is 0.449 e. The molecule has 0 aliphatic carbocycles.